The molecular formula is C13H15N3O4. The minimum atomic E-state index is -0.578. The predicted octanol–water partition coefficient (Wildman–Crippen LogP) is 2.37. The molecule has 0 radical (unpaired) electrons. The highest BCUT2D eigenvalue weighted by Crippen LogP contribution is 2.16. The van der Waals surface area contributed by atoms with E-state index in [1.54, 1.807) is 22.9 Å². The van der Waals surface area contributed by atoms with Gasteiger partial charge in [0.05, 0.1) is 18.3 Å². The van der Waals surface area contributed by atoms with E-state index < -0.39 is 4.92 Å². The van der Waals surface area contributed by atoms with Gasteiger partial charge in [0.2, 0.25) is 0 Å². The van der Waals surface area contributed by atoms with Gasteiger partial charge in [0.25, 0.3) is 5.56 Å². The number of rotatable bonds is 6. The number of aryl methyl sites for hydroxylation is 1. The molecule has 7 heteroatoms. The van der Waals surface area contributed by atoms with Crippen molar-refractivity contribution < 1.29 is 9.34 Å². The van der Waals surface area contributed by atoms with Crippen LogP contribution in [0.4, 0.5) is 11.6 Å². The number of aromatic nitrogens is 1. The fraction of sp³-hybridized carbons (Fsp3) is 0.308. The van der Waals surface area contributed by atoms with E-state index in [0.717, 1.165) is 12.1 Å². The molecule has 106 valence electrons. The van der Waals surface area contributed by atoms with Crippen LogP contribution in [-0.2, 0) is 13.1 Å². The Hall–Kier alpha value is -2.57. The van der Waals surface area contributed by atoms with Gasteiger partial charge in [-0.1, -0.05) is 6.92 Å². The molecule has 0 aliphatic heterocycles. The molecule has 0 unspecified atom stereocenters. The van der Waals surface area contributed by atoms with Gasteiger partial charge in [-0.05, 0) is 18.6 Å². The van der Waals surface area contributed by atoms with E-state index in [0.29, 0.717) is 18.8 Å². The number of nitro groups is 1. The van der Waals surface area contributed by atoms with E-state index in [1.165, 1.54) is 12.1 Å². The van der Waals surface area contributed by atoms with Crippen molar-refractivity contribution in [3.63, 3.8) is 0 Å². The van der Waals surface area contributed by atoms with Gasteiger partial charge in [0.1, 0.15) is 10.7 Å². The minimum Gasteiger partial charge on any atom is -0.404 e. The Kier molecular flexibility index (Phi) is 4.19. The Labute approximate surface area is 115 Å². The first kappa shape index (κ1) is 13.9. The molecule has 0 spiro atoms. The Bertz CT molecular complexity index is 660. The van der Waals surface area contributed by atoms with Crippen molar-refractivity contribution in [2.24, 2.45) is 0 Å². The molecule has 0 fully saturated rings. The molecule has 0 aliphatic carbocycles. The monoisotopic (exact) mass is 277 g/mol. The summed E-state index contributed by atoms with van der Waals surface area (Å²) in [5.74, 6) is 0.183. The van der Waals surface area contributed by atoms with Gasteiger partial charge < -0.3 is 14.3 Å². The lowest BCUT2D eigenvalue weighted by Crippen LogP contribution is -2.18. The van der Waals surface area contributed by atoms with E-state index in [2.05, 4.69) is 5.32 Å². The average molecular weight is 277 g/mol. The normalized spacial score (nSPS) is 10.4. The molecule has 2 aromatic rings. The summed E-state index contributed by atoms with van der Waals surface area (Å²) in [7, 11) is 0. The van der Waals surface area contributed by atoms with Gasteiger partial charge in [-0.15, -0.1) is 0 Å². The van der Waals surface area contributed by atoms with Crippen LogP contribution in [-0.4, -0.2) is 9.49 Å². The van der Waals surface area contributed by atoms with E-state index in [-0.39, 0.29) is 11.4 Å². The van der Waals surface area contributed by atoms with Crippen LogP contribution in [0.5, 0.6) is 0 Å². The van der Waals surface area contributed by atoms with Crippen molar-refractivity contribution in [1.29, 1.82) is 0 Å². The van der Waals surface area contributed by atoms with Gasteiger partial charge in [0.15, 0.2) is 0 Å². The topological polar surface area (TPSA) is 90.3 Å². The largest absolute Gasteiger partial charge is 0.433 e. The highest BCUT2D eigenvalue weighted by molar-refractivity contribution is 5.40. The fourth-order valence-corrected chi connectivity index (χ4v) is 1.80. The average Bonchev–Trinajstić information content (AvgIpc) is 2.89. The maximum absolute atomic E-state index is 11.6. The van der Waals surface area contributed by atoms with Crippen LogP contribution in [0.1, 0.15) is 19.1 Å². The number of anilines is 1. The highest BCUT2D eigenvalue weighted by atomic mass is 16.6. The van der Waals surface area contributed by atoms with E-state index >= 15 is 0 Å². The third kappa shape index (κ3) is 3.25. The third-order valence-corrected chi connectivity index (χ3v) is 2.74. The molecule has 2 heterocycles. The predicted molar refractivity (Wildman–Crippen MR) is 73.7 cm³/mol. The summed E-state index contributed by atoms with van der Waals surface area (Å²) in [6.45, 7) is 2.97. The van der Waals surface area contributed by atoms with Gasteiger partial charge in [0, 0.05) is 18.8 Å². The van der Waals surface area contributed by atoms with E-state index in [4.69, 9.17) is 4.42 Å². The second kappa shape index (κ2) is 6.05. The zero-order chi connectivity index (χ0) is 14.5. The summed E-state index contributed by atoms with van der Waals surface area (Å²) in [5.41, 5.74) is 0.711. The minimum absolute atomic E-state index is 0.0500. The molecule has 0 aliphatic rings. The second-order valence-corrected chi connectivity index (χ2v) is 4.30. The zero-order valence-corrected chi connectivity index (χ0v) is 11.0. The number of nitrogens with zero attached hydrogens (tertiary/aromatic N) is 2. The van der Waals surface area contributed by atoms with Crippen LogP contribution in [0.3, 0.4) is 0 Å². The van der Waals surface area contributed by atoms with Crippen LogP contribution < -0.4 is 10.9 Å². The summed E-state index contributed by atoms with van der Waals surface area (Å²) in [4.78, 5) is 21.5. The van der Waals surface area contributed by atoms with Gasteiger partial charge in [-0.2, -0.15) is 0 Å². The second-order valence-electron chi connectivity index (χ2n) is 4.30. The Morgan fingerprint density at radius 1 is 1.35 bits per heavy atom. The molecule has 7 nitrogen and oxygen atoms in total. The van der Waals surface area contributed by atoms with Crippen LogP contribution in [0.25, 0.3) is 0 Å². The van der Waals surface area contributed by atoms with E-state index in [1.807, 2.05) is 6.92 Å². The Balaban J connectivity index is 2.04. The summed E-state index contributed by atoms with van der Waals surface area (Å²) in [5, 5.41) is 13.6. The van der Waals surface area contributed by atoms with Gasteiger partial charge >= 0.3 is 5.88 Å². The molecule has 0 saturated heterocycles. The van der Waals surface area contributed by atoms with Crippen LogP contribution in [0.2, 0.25) is 0 Å². The van der Waals surface area contributed by atoms with Crippen molar-refractivity contribution in [2.75, 3.05) is 5.32 Å². The van der Waals surface area contributed by atoms with Crippen molar-refractivity contribution >= 4 is 11.6 Å². The standard InChI is InChI=1S/C13H15N3O4/c1-2-7-15-9-10(3-5-12(15)17)14-8-11-4-6-13(20-11)16(18)19/h3-6,9,14H,2,7-8H2,1H3. The SMILES string of the molecule is CCCn1cc(NCc2ccc([N+](=O)[O-])o2)ccc1=O. The molecule has 0 amide bonds. The first-order chi connectivity index (χ1) is 9.60. The molecule has 1 N–H and O–H groups in total. The van der Waals surface area contributed by atoms with Crippen molar-refractivity contribution in [3.05, 3.63) is 56.7 Å². The summed E-state index contributed by atoms with van der Waals surface area (Å²) >= 11 is 0. The summed E-state index contributed by atoms with van der Waals surface area (Å²) < 4.78 is 6.66. The van der Waals surface area contributed by atoms with E-state index in [9.17, 15) is 14.9 Å². The smallest absolute Gasteiger partial charge is 0.404 e. The number of nitrogens with one attached hydrogen (secondary N) is 1. The number of pyridine rings is 1. The number of furan rings is 1. The fourth-order valence-electron chi connectivity index (χ4n) is 1.80. The molecule has 0 atom stereocenters. The first-order valence-electron chi connectivity index (χ1n) is 6.27. The van der Waals surface area contributed by atoms with Crippen LogP contribution in [0, 0.1) is 10.1 Å². The maximum Gasteiger partial charge on any atom is 0.433 e. The number of hydrogen-bond donors (Lipinski definition) is 1. The lowest BCUT2D eigenvalue weighted by Gasteiger charge is -2.08. The van der Waals surface area contributed by atoms with Crippen molar-refractivity contribution in [2.45, 2.75) is 26.4 Å². The molecule has 2 rings (SSSR count). The van der Waals surface area contributed by atoms with Crippen molar-refractivity contribution in [1.82, 2.24) is 4.57 Å². The highest BCUT2D eigenvalue weighted by Gasteiger charge is 2.11. The molecule has 0 saturated carbocycles. The first-order valence-corrected chi connectivity index (χ1v) is 6.27. The quantitative estimate of drug-likeness (QED) is 0.646. The Morgan fingerprint density at radius 2 is 2.15 bits per heavy atom. The molecule has 2 aromatic heterocycles. The molecule has 0 bridgehead atoms. The maximum atomic E-state index is 11.6. The lowest BCUT2D eigenvalue weighted by atomic mass is 10.3. The van der Waals surface area contributed by atoms with Gasteiger partial charge in [-0.3, -0.25) is 14.9 Å². The summed E-state index contributed by atoms with van der Waals surface area (Å²) in [6, 6.07) is 6.02. The third-order valence-electron chi connectivity index (χ3n) is 2.74. The molecular weight excluding hydrogens is 262 g/mol. The zero-order valence-electron chi connectivity index (χ0n) is 11.0. The lowest BCUT2D eigenvalue weighted by molar-refractivity contribution is -0.402. The van der Waals surface area contributed by atoms with Crippen molar-refractivity contribution in [3.8, 4) is 0 Å². The Morgan fingerprint density at radius 3 is 2.80 bits per heavy atom. The number of hydrogen-bond acceptors (Lipinski definition) is 5. The molecule has 20 heavy (non-hydrogen) atoms. The van der Waals surface area contributed by atoms with Crippen LogP contribution >= 0.6 is 0 Å². The van der Waals surface area contributed by atoms with Gasteiger partial charge in [-0.25, -0.2) is 0 Å². The van der Waals surface area contributed by atoms with Crippen LogP contribution in [0.15, 0.2) is 39.7 Å². The molecule has 0 aromatic carbocycles. The summed E-state index contributed by atoms with van der Waals surface area (Å²) in [6.07, 6.45) is 2.59.